The van der Waals surface area contributed by atoms with E-state index < -0.39 is 0 Å². The van der Waals surface area contributed by atoms with Crippen LogP contribution >= 0.6 is 0 Å². The fourth-order valence-electron chi connectivity index (χ4n) is 0.721. The number of nitrogens with zero attached hydrogens (tertiary/aromatic N) is 2. The third-order valence-electron chi connectivity index (χ3n) is 1.12. The van der Waals surface area contributed by atoms with Gasteiger partial charge >= 0.3 is 0 Å². The summed E-state index contributed by atoms with van der Waals surface area (Å²) in [6, 6.07) is 0. The van der Waals surface area contributed by atoms with Gasteiger partial charge in [-0.05, 0) is 0 Å². The van der Waals surface area contributed by atoms with E-state index in [0.717, 1.165) is 19.6 Å². The van der Waals surface area contributed by atoms with Crippen LogP contribution in [0.2, 0.25) is 0 Å². The van der Waals surface area contributed by atoms with Gasteiger partial charge in [0.15, 0.2) is 0 Å². The Hall–Kier alpha value is -0.860. The van der Waals surface area contributed by atoms with E-state index in [1.807, 2.05) is 12.4 Å². The Labute approximate surface area is 61.6 Å². The van der Waals surface area contributed by atoms with E-state index in [2.05, 4.69) is 16.5 Å². The molecule has 0 saturated heterocycles. The van der Waals surface area contributed by atoms with Gasteiger partial charge < -0.3 is 4.90 Å². The first-order valence-corrected chi connectivity index (χ1v) is 2.78. The lowest BCUT2D eigenvalue weighted by atomic mass is 10.5. The molecule has 0 aliphatic carbocycles. The van der Waals surface area contributed by atoms with Crippen LogP contribution in [0.3, 0.4) is 0 Å². The first-order valence-electron chi connectivity index (χ1n) is 2.78. The molecule has 0 spiro atoms. The van der Waals surface area contributed by atoms with Gasteiger partial charge in [-0.2, -0.15) is 0 Å². The van der Waals surface area contributed by atoms with Crippen LogP contribution in [0.4, 0.5) is 4.70 Å². The van der Waals surface area contributed by atoms with Crippen molar-refractivity contribution in [1.82, 2.24) is 4.90 Å². The first-order chi connectivity index (χ1) is 3.93. The second-order valence-electron chi connectivity index (χ2n) is 1.81. The zero-order chi connectivity index (χ0) is 5.82. The summed E-state index contributed by atoms with van der Waals surface area (Å²) in [5.41, 5.74) is 0. The van der Waals surface area contributed by atoms with E-state index in [1.54, 1.807) is 0 Å². The molecule has 0 atom stereocenters. The molecule has 0 aromatic carbocycles. The van der Waals surface area contributed by atoms with Crippen LogP contribution in [0.25, 0.3) is 0 Å². The van der Waals surface area contributed by atoms with Crippen molar-refractivity contribution in [3.63, 3.8) is 0 Å². The zero-order valence-corrected chi connectivity index (χ0v) is 5.29. The summed E-state index contributed by atoms with van der Waals surface area (Å²) >= 11 is 0. The first kappa shape index (κ1) is 11.9. The van der Waals surface area contributed by atoms with Gasteiger partial charge in [0.25, 0.3) is 0 Å². The van der Waals surface area contributed by atoms with Crippen molar-refractivity contribution in [2.75, 3.05) is 19.6 Å². The van der Waals surface area contributed by atoms with E-state index >= 15 is 0 Å². The fourth-order valence-corrected chi connectivity index (χ4v) is 0.721. The minimum atomic E-state index is 0. The van der Waals surface area contributed by atoms with Gasteiger partial charge in [-0.1, -0.05) is 13.5 Å². The summed E-state index contributed by atoms with van der Waals surface area (Å²) in [7, 11) is 0. The highest BCUT2D eigenvalue weighted by molar-refractivity contribution is 5.57. The number of aliphatic imine (C=N–C) groups is 1. The fraction of sp³-hybridized carbons (Fsp3) is 0.571. The summed E-state index contributed by atoms with van der Waals surface area (Å²) in [6.07, 6.45) is 3.76. The number of hydrogen-bond donors (Lipinski definition) is 0. The van der Waals surface area contributed by atoms with E-state index in [9.17, 15) is 0 Å². The molecule has 3 heteroatoms. The van der Waals surface area contributed by atoms with Crippen LogP contribution < -0.4 is 0 Å². The van der Waals surface area contributed by atoms with E-state index in [-0.39, 0.29) is 12.1 Å². The summed E-state index contributed by atoms with van der Waals surface area (Å²) in [4.78, 5) is 6.17. The summed E-state index contributed by atoms with van der Waals surface area (Å²) in [5.74, 6) is 0. The van der Waals surface area contributed by atoms with Crippen molar-refractivity contribution < 1.29 is 4.70 Å². The van der Waals surface area contributed by atoms with Crippen LogP contribution in [0.15, 0.2) is 17.6 Å². The molecule has 1 aliphatic heterocycles. The van der Waals surface area contributed by atoms with Gasteiger partial charge in [0, 0.05) is 13.1 Å². The predicted molar refractivity (Wildman–Crippen MR) is 44.4 cm³/mol. The zero-order valence-electron chi connectivity index (χ0n) is 5.29. The normalized spacial score (nSPS) is 13.8. The van der Waals surface area contributed by atoms with Gasteiger partial charge in [0.05, 0.1) is 12.9 Å². The molecule has 0 N–H and O–H groups in total. The minimum Gasteiger partial charge on any atom is -0.357 e. The average molecular weight is 146 g/mol. The Kier molecular flexibility index (Phi) is 7.44. The molecule has 0 aromatic heterocycles. The molecule has 60 valence electrons. The molecular weight excluding hydrogens is 131 g/mol. The topological polar surface area (TPSA) is 15.6 Å². The third-order valence-corrected chi connectivity index (χ3v) is 1.12. The third kappa shape index (κ3) is 3.22. The maximum Gasteiger partial charge on any atom is 0.0854 e. The van der Waals surface area contributed by atoms with Crippen LogP contribution in [0.5, 0.6) is 0 Å². The smallest absolute Gasteiger partial charge is 0.0854 e. The monoisotopic (exact) mass is 146 g/mol. The molecular formula is C7H15FN2. The second kappa shape index (κ2) is 6.26. The van der Waals surface area contributed by atoms with Crippen molar-refractivity contribution >= 4 is 6.34 Å². The van der Waals surface area contributed by atoms with E-state index in [0.29, 0.717) is 0 Å². The Morgan fingerprint density at radius 3 is 2.80 bits per heavy atom. The highest BCUT2D eigenvalue weighted by Crippen LogP contribution is 1.90. The average Bonchev–Trinajstić information content (AvgIpc) is 2.19. The quantitative estimate of drug-likeness (QED) is 0.536. The van der Waals surface area contributed by atoms with E-state index in [1.165, 1.54) is 0 Å². The van der Waals surface area contributed by atoms with Crippen molar-refractivity contribution in [2.24, 2.45) is 4.99 Å². The number of halogens is 1. The molecule has 1 aliphatic rings. The Balaban J connectivity index is 0. The van der Waals surface area contributed by atoms with Crippen molar-refractivity contribution in [3.05, 3.63) is 12.7 Å². The highest BCUT2D eigenvalue weighted by Gasteiger charge is 1.99. The van der Waals surface area contributed by atoms with Crippen LogP contribution in [-0.4, -0.2) is 30.9 Å². The van der Waals surface area contributed by atoms with Gasteiger partial charge in [-0.3, -0.25) is 9.70 Å². The molecule has 0 fully saturated rings. The maximum absolute atomic E-state index is 4.04. The maximum atomic E-state index is 4.04. The molecule has 1 rings (SSSR count). The van der Waals surface area contributed by atoms with Gasteiger partial charge in [-0.25, -0.2) is 0 Å². The lowest BCUT2D eigenvalue weighted by Crippen LogP contribution is -2.18. The molecule has 1 heterocycles. The molecule has 0 unspecified atom stereocenters. The van der Waals surface area contributed by atoms with Crippen molar-refractivity contribution in [1.29, 1.82) is 0 Å². The molecule has 0 amide bonds. The van der Waals surface area contributed by atoms with Gasteiger partial charge in [0.1, 0.15) is 0 Å². The molecule has 10 heavy (non-hydrogen) atoms. The molecule has 0 saturated carbocycles. The highest BCUT2D eigenvalue weighted by atomic mass is 19.0. The predicted octanol–water partition coefficient (Wildman–Crippen LogP) is 1.30. The van der Waals surface area contributed by atoms with Crippen molar-refractivity contribution in [3.8, 4) is 0 Å². The number of hydrogen-bond acceptors (Lipinski definition) is 2. The Bertz CT molecular complexity index is 112. The standard InChI is InChI=1S/C6H10N2.CH4.FH/c1-2-4-8-5-3-7-6-8;;/h2,6H,1,3-5H2;1H4;1H. The van der Waals surface area contributed by atoms with E-state index in [4.69, 9.17) is 0 Å². The summed E-state index contributed by atoms with van der Waals surface area (Å²) in [5, 5.41) is 0. The molecule has 2 nitrogen and oxygen atoms in total. The lowest BCUT2D eigenvalue weighted by Gasteiger charge is -2.08. The molecule has 0 aromatic rings. The minimum absolute atomic E-state index is 0. The van der Waals surface area contributed by atoms with Gasteiger partial charge in [0.2, 0.25) is 0 Å². The van der Waals surface area contributed by atoms with Gasteiger partial charge in [-0.15, -0.1) is 6.58 Å². The lowest BCUT2D eigenvalue weighted by molar-refractivity contribution is 0.519. The largest absolute Gasteiger partial charge is 0.357 e. The SMILES string of the molecule is C.C=CCN1C=NCC1.F. The van der Waals surface area contributed by atoms with Crippen molar-refractivity contribution in [2.45, 2.75) is 7.43 Å². The molecule has 0 radical (unpaired) electrons. The number of rotatable bonds is 2. The second-order valence-corrected chi connectivity index (χ2v) is 1.81. The summed E-state index contributed by atoms with van der Waals surface area (Å²) in [6.45, 7) is 6.57. The summed E-state index contributed by atoms with van der Waals surface area (Å²) < 4.78 is 0. The van der Waals surface area contributed by atoms with Crippen LogP contribution in [-0.2, 0) is 0 Å². The van der Waals surface area contributed by atoms with Crippen LogP contribution in [0, 0.1) is 0 Å². The Morgan fingerprint density at radius 2 is 2.40 bits per heavy atom. The Morgan fingerprint density at radius 1 is 1.70 bits per heavy atom. The van der Waals surface area contributed by atoms with Crippen LogP contribution in [0.1, 0.15) is 7.43 Å². The molecule has 0 bridgehead atoms.